The summed E-state index contributed by atoms with van der Waals surface area (Å²) in [5, 5.41) is 7.73. The Labute approximate surface area is 157 Å². The molecule has 0 aromatic heterocycles. The number of primary sulfonamides is 1. The summed E-state index contributed by atoms with van der Waals surface area (Å²) in [6.07, 6.45) is 0.479. The monoisotopic (exact) mass is 393 g/mol. The summed E-state index contributed by atoms with van der Waals surface area (Å²) in [6.45, 7) is 1.44. The summed E-state index contributed by atoms with van der Waals surface area (Å²) in [4.78, 5) is 25.1. The van der Waals surface area contributed by atoms with Gasteiger partial charge in [-0.3, -0.25) is 9.59 Å². The van der Waals surface area contributed by atoms with Crippen LogP contribution in [0, 0.1) is 5.82 Å². The normalized spacial score (nSPS) is 11.1. The number of halogens is 1. The maximum absolute atomic E-state index is 13.0. The quantitative estimate of drug-likeness (QED) is 0.736. The zero-order valence-corrected chi connectivity index (χ0v) is 15.5. The highest BCUT2D eigenvalue weighted by Gasteiger charge is 2.15. The number of benzene rings is 2. The number of carbonyl (C=O) groups excluding carboxylic acids is 2. The van der Waals surface area contributed by atoms with Gasteiger partial charge in [0.05, 0.1) is 4.90 Å². The maximum atomic E-state index is 13.0. The van der Waals surface area contributed by atoms with Crippen molar-refractivity contribution < 1.29 is 22.4 Å². The molecule has 2 rings (SSSR count). The molecule has 0 atom stereocenters. The van der Waals surface area contributed by atoms with Crippen LogP contribution in [0.3, 0.4) is 0 Å². The van der Waals surface area contributed by atoms with Gasteiger partial charge in [-0.05, 0) is 48.4 Å². The van der Waals surface area contributed by atoms with Gasteiger partial charge in [0.15, 0.2) is 0 Å². The third-order valence-corrected chi connectivity index (χ3v) is 4.74. The number of rotatable bonds is 7. The Balaban J connectivity index is 1.89. The van der Waals surface area contributed by atoms with Gasteiger partial charge in [-0.25, -0.2) is 17.9 Å². The van der Waals surface area contributed by atoms with Gasteiger partial charge < -0.3 is 10.2 Å². The fourth-order valence-electron chi connectivity index (χ4n) is 2.40. The van der Waals surface area contributed by atoms with Crippen molar-refractivity contribution in [3.05, 3.63) is 59.9 Å². The molecule has 0 aliphatic heterocycles. The number of hydrogen-bond acceptors (Lipinski definition) is 4. The molecule has 3 N–H and O–H groups in total. The minimum absolute atomic E-state index is 0.0201. The van der Waals surface area contributed by atoms with E-state index in [1.54, 1.807) is 12.1 Å². The first-order valence-corrected chi connectivity index (χ1v) is 9.63. The Bertz CT molecular complexity index is 913. The second-order valence-electron chi connectivity index (χ2n) is 5.87. The Hall–Kier alpha value is -2.78. The third-order valence-electron chi connectivity index (χ3n) is 3.81. The van der Waals surface area contributed by atoms with E-state index in [4.69, 9.17) is 5.14 Å². The second kappa shape index (κ2) is 8.74. The van der Waals surface area contributed by atoms with Crippen LogP contribution < -0.4 is 15.4 Å². The summed E-state index contributed by atoms with van der Waals surface area (Å²) >= 11 is 0. The van der Waals surface area contributed by atoms with E-state index in [0.29, 0.717) is 18.7 Å². The highest BCUT2D eigenvalue weighted by Crippen LogP contribution is 2.15. The van der Waals surface area contributed by atoms with Crippen LogP contribution in [0.25, 0.3) is 0 Å². The number of nitrogens with zero attached hydrogens (tertiary/aromatic N) is 1. The third kappa shape index (κ3) is 6.15. The summed E-state index contributed by atoms with van der Waals surface area (Å²) in [5.41, 5.74) is 1.25. The van der Waals surface area contributed by atoms with E-state index < -0.39 is 15.8 Å². The molecule has 2 amide bonds. The van der Waals surface area contributed by atoms with Gasteiger partial charge in [0, 0.05) is 19.2 Å². The molecule has 0 radical (unpaired) electrons. The largest absolute Gasteiger partial charge is 0.354 e. The van der Waals surface area contributed by atoms with Crippen molar-refractivity contribution in [2.75, 3.05) is 18.0 Å². The molecular formula is C18H20FN3O4S. The smallest absolute Gasteiger partial charge is 0.240 e. The first-order valence-electron chi connectivity index (χ1n) is 8.09. The zero-order chi connectivity index (χ0) is 20.0. The first-order chi connectivity index (χ1) is 12.7. The topological polar surface area (TPSA) is 110 Å². The van der Waals surface area contributed by atoms with Crippen molar-refractivity contribution in [1.82, 2.24) is 5.32 Å². The Morgan fingerprint density at radius 2 is 1.67 bits per heavy atom. The van der Waals surface area contributed by atoms with Crippen LogP contribution in [0.1, 0.15) is 12.5 Å². The molecule has 0 bridgehead atoms. The van der Waals surface area contributed by atoms with Crippen LogP contribution in [0.2, 0.25) is 0 Å². The maximum Gasteiger partial charge on any atom is 0.240 e. The number of anilines is 1. The van der Waals surface area contributed by atoms with Crippen molar-refractivity contribution in [1.29, 1.82) is 0 Å². The minimum Gasteiger partial charge on any atom is -0.354 e. The van der Waals surface area contributed by atoms with Gasteiger partial charge in [-0.15, -0.1) is 0 Å². The number of amides is 2. The molecule has 0 aliphatic carbocycles. The minimum atomic E-state index is -3.73. The van der Waals surface area contributed by atoms with Gasteiger partial charge in [0.1, 0.15) is 12.4 Å². The summed E-state index contributed by atoms with van der Waals surface area (Å²) in [7, 11) is -3.73. The molecule has 2 aromatic rings. The van der Waals surface area contributed by atoms with Crippen LogP contribution in [0.15, 0.2) is 53.4 Å². The fraction of sp³-hybridized carbons (Fsp3) is 0.222. The molecule has 144 valence electrons. The van der Waals surface area contributed by atoms with Crippen LogP contribution in [-0.2, 0) is 26.0 Å². The Morgan fingerprint density at radius 1 is 1.07 bits per heavy atom. The van der Waals surface area contributed by atoms with E-state index in [1.165, 1.54) is 48.2 Å². The molecule has 9 heteroatoms. The van der Waals surface area contributed by atoms with E-state index >= 15 is 0 Å². The van der Waals surface area contributed by atoms with Gasteiger partial charge >= 0.3 is 0 Å². The Morgan fingerprint density at radius 3 is 2.19 bits per heavy atom. The molecule has 0 aliphatic rings. The molecule has 0 fully saturated rings. The zero-order valence-electron chi connectivity index (χ0n) is 14.7. The molecule has 7 nitrogen and oxygen atoms in total. The lowest BCUT2D eigenvalue weighted by atomic mass is 10.1. The lowest BCUT2D eigenvalue weighted by Crippen LogP contribution is -2.40. The lowest BCUT2D eigenvalue weighted by molar-refractivity contribution is -0.123. The van der Waals surface area contributed by atoms with Crippen molar-refractivity contribution in [2.45, 2.75) is 18.2 Å². The highest BCUT2D eigenvalue weighted by atomic mass is 32.2. The number of sulfonamides is 1. The Kier molecular flexibility index (Phi) is 6.65. The number of hydrogen-bond donors (Lipinski definition) is 2. The van der Waals surface area contributed by atoms with E-state index in [9.17, 15) is 22.4 Å². The van der Waals surface area contributed by atoms with Crippen LogP contribution >= 0.6 is 0 Å². The van der Waals surface area contributed by atoms with Gasteiger partial charge in [0.2, 0.25) is 21.8 Å². The summed E-state index contributed by atoms with van der Waals surface area (Å²) < 4.78 is 35.4. The molecule has 0 unspecified atom stereocenters. The summed E-state index contributed by atoms with van der Waals surface area (Å²) in [6, 6.07) is 11.3. The average molecular weight is 393 g/mol. The molecule has 0 spiro atoms. The van der Waals surface area contributed by atoms with E-state index in [0.717, 1.165) is 5.56 Å². The molecular weight excluding hydrogens is 373 g/mol. The van der Waals surface area contributed by atoms with Gasteiger partial charge in [0.25, 0.3) is 0 Å². The number of nitrogens with one attached hydrogen (secondary N) is 1. The number of nitrogens with two attached hydrogens (primary N) is 1. The second-order valence-corrected chi connectivity index (χ2v) is 7.43. The highest BCUT2D eigenvalue weighted by molar-refractivity contribution is 7.89. The van der Waals surface area contributed by atoms with Crippen molar-refractivity contribution in [3.8, 4) is 0 Å². The molecule has 27 heavy (non-hydrogen) atoms. The van der Waals surface area contributed by atoms with E-state index in [2.05, 4.69) is 5.32 Å². The number of carbonyl (C=O) groups is 2. The molecule has 2 aromatic carbocycles. The fourth-order valence-corrected chi connectivity index (χ4v) is 2.91. The molecule has 0 saturated heterocycles. The van der Waals surface area contributed by atoms with Crippen molar-refractivity contribution in [3.63, 3.8) is 0 Å². The van der Waals surface area contributed by atoms with Crippen LogP contribution in [0.4, 0.5) is 10.1 Å². The van der Waals surface area contributed by atoms with Crippen LogP contribution in [-0.4, -0.2) is 33.3 Å². The first kappa shape index (κ1) is 20.5. The van der Waals surface area contributed by atoms with Crippen LogP contribution in [0.5, 0.6) is 0 Å². The lowest BCUT2D eigenvalue weighted by Gasteiger charge is -2.20. The predicted octanol–water partition coefficient (Wildman–Crippen LogP) is 1.18. The SMILES string of the molecule is CC(=O)N(CC(=O)NCCc1ccc(S(N)(=O)=O)cc1)c1ccc(F)cc1. The van der Waals surface area contributed by atoms with Crippen molar-refractivity contribution >= 4 is 27.5 Å². The van der Waals surface area contributed by atoms with Crippen molar-refractivity contribution in [2.24, 2.45) is 5.14 Å². The standard InChI is InChI=1S/C18H20FN3O4S/c1-13(23)22(16-6-4-15(19)5-7-16)12-18(24)21-11-10-14-2-8-17(9-3-14)27(20,25)26/h2-9H,10-12H2,1H3,(H,21,24)(H2,20,25,26). The van der Waals surface area contributed by atoms with E-state index in [-0.39, 0.29) is 23.3 Å². The van der Waals surface area contributed by atoms with E-state index in [1.807, 2.05) is 0 Å². The molecule has 0 saturated carbocycles. The molecule has 0 heterocycles. The van der Waals surface area contributed by atoms with Gasteiger partial charge in [-0.2, -0.15) is 0 Å². The summed E-state index contributed by atoms with van der Waals surface area (Å²) in [5.74, 6) is -1.13. The predicted molar refractivity (Wildman–Crippen MR) is 99.0 cm³/mol. The average Bonchev–Trinajstić information content (AvgIpc) is 2.60. The van der Waals surface area contributed by atoms with Gasteiger partial charge in [-0.1, -0.05) is 12.1 Å².